The number of aliphatic imine (C=N–C) groups is 1. The number of methoxy groups -OCH3 is 3. The van der Waals surface area contributed by atoms with Gasteiger partial charge in [0.25, 0.3) is 0 Å². The van der Waals surface area contributed by atoms with Crippen molar-refractivity contribution in [3.8, 4) is 11.5 Å². The van der Waals surface area contributed by atoms with Gasteiger partial charge >= 0.3 is 0 Å². The van der Waals surface area contributed by atoms with E-state index in [1.165, 1.54) is 11.1 Å². The van der Waals surface area contributed by atoms with Gasteiger partial charge in [0.15, 0.2) is 17.5 Å². The Morgan fingerprint density at radius 2 is 1.77 bits per heavy atom. The number of guanidine groups is 1. The Balaban J connectivity index is 0.00000338. The quantitative estimate of drug-likeness (QED) is 0.270. The van der Waals surface area contributed by atoms with E-state index in [1.807, 2.05) is 7.05 Å². The van der Waals surface area contributed by atoms with Gasteiger partial charge in [-0.15, -0.1) is 24.0 Å². The molecule has 1 heterocycles. The highest BCUT2D eigenvalue weighted by Gasteiger charge is 2.21. The van der Waals surface area contributed by atoms with Crippen LogP contribution in [0.3, 0.4) is 0 Å². The van der Waals surface area contributed by atoms with Gasteiger partial charge in [-0.25, -0.2) is 0 Å². The molecule has 0 fully saturated rings. The van der Waals surface area contributed by atoms with E-state index in [1.54, 1.807) is 21.3 Å². The van der Waals surface area contributed by atoms with E-state index >= 15 is 0 Å². The van der Waals surface area contributed by atoms with Crippen LogP contribution >= 0.6 is 24.0 Å². The van der Waals surface area contributed by atoms with Crippen LogP contribution < -0.4 is 14.8 Å². The van der Waals surface area contributed by atoms with Gasteiger partial charge in [0.2, 0.25) is 0 Å². The van der Waals surface area contributed by atoms with Crippen molar-refractivity contribution in [1.82, 2.24) is 10.2 Å². The van der Waals surface area contributed by atoms with Crippen LogP contribution in [0.15, 0.2) is 17.1 Å². The minimum atomic E-state index is 0. The van der Waals surface area contributed by atoms with E-state index < -0.39 is 0 Å². The number of rotatable bonds is 8. The van der Waals surface area contributed by atoms with Gasteiger partial charge in [-0.1, -0.05) is 0 Å². The highest BCUT2D eigenvalue weighted by Crippen LogP contribution is 2.33. The van der Waals surface area contributed by atoms with Gasteiger partial charge in [-0.05, 0) is 48.9 Å². The van der Waals surface area contributed by atoms with Crippen LogP contribution in [0.1, 0.15) is 30.4 Å². The van der Waals surface area contributed by atoms with Crippen LogP contribution in [0.5, 0.6) is 11.5 Å². The number of unbranched alkanes of at least 4 members (excludes halogenated alkanes) is 2. The smallest absolute Gasteiger partial charge is 0.193 e. The van der Waals surface area contributed by atoms with Crippen LogP contribution in [0.25, 0.3) is 0 Å². The highest BCUT2D eigenvalue weighted by atomic mass is 127. The van der Waals surface area contributed by atoms with Gasteiger partial charge in [0, 0.05) is 40.4 Å². The van der Waals surface area contributed by atoms with Crippen molar-refractivity contribution in [3.05, 3.63) is 23.3 Å². The van der Waals surface area contributed by atoms with Crippen LogP contribution in [-0.4, -0.2) is 58.9 Å². The number of halogens is 1. The molecule has 1 aromatic rings. The summed E-state index contributed by atoms with van der Waals surface area (Å²) < 4.78 is 15.9. The molecule has 2 rings (SSSR count). The molecular formula is C19H32IN3O3. The number of fused-ring (bicyclic) bond motifs is 1. The van der Waals surface area contributed by atoms with Crippen molar-refractivity contribution in [1.29, 1.82) is 0 Å². The lowest BCUT2D eigenvalue weighted by Gasteiger charge is -2.32. The summed E-state index contributed by atoms with van der Waals surface area (Å²) >= 11 is 0. The zero-order valence-corrected chi connectivity index (χ0v) is 18.7. The van der Waals surface area contributed by atoms with E-state index in [-0.39, 0.29) is 24.0 Å². The average Bonchev–Trinajstić information content (AvgIpc) is 2.66. The fourth-order valence-electron chi connectivity index (χ4n) is 3.14. The Labute approximate surface area is 174 Å². The Bertz CT molecular complexity index is 581. The molecule has 0 aromatic heterocycles. The van der Waals surface area contributed by atoms with Crippen molar-refractivity contribution in [2.24, 2.45) is 4.99 Å². The van der Waals surface area contributed by atoms with E-state index in [0.717, 1.165) is 69.4 Å². The van der Waals surface area contributed by atoms with Crippen molar-refractivity contribution in [3.63, 3.8) is 0 Å². The van der Waals surface area contributed by atoms with E-state index in [0.29, 0.717) is 0 Å². The second-order valence-electron chi connectivity index (χ2n) is 6.17. The molecule has 1 aliphatic heterocycles. The first-order chi connectivity index (χ1) is 12.2. The molecule has 1 N–H and O–H groups in total. The summed E-state index contributed by atoms with van der Waals surface area (Å²) in [5.74, 6) is 2.55. The van der Waals surface area contributed by atoms with E-state index in [4.69, 9.17) is 14.2 Å². The van der Waals surface area contributed by atoms with Crippen LogP contribution in [-0.2, 0) is 17.7 Å². The Morgan fingerprint density at radius 1 is 1.08 bits per heavy atom. The predicted molar refractivity (Wildman–Crippen MR) is 116 cm³/mol. The van der Waals surface area contributed by atoms with Gasteiger partial charge in [0.05, 0.1) is 14.2 Å². The summed E-state index contributed by atoms with van der Waals surface area (Å²) in [4.78, 5) is 6.74. The third-order valence-corrected chi connectivity index (χ3v) is 4.54. The molecule has 7 heteroatoms. The lowest BCUT2D eigenvalue weighted by atomic mass is 9.99. The molecule has 1 aliphatic rings. The topological polar surface area (TPSA) is 55.3 Å². The fourth-order valence-corrected chi connectivity index (χ4v) is 3.14. The number of ether oxygens (including phenoxy) is 3. The van der Waals surface area contributed by atoms with Crippen LogP contribution in [0.2, 0.25) is 0 Å². The summed E-state index contributed by atoms with van der Waals surface area (Å²) in [6.45, 7) is 3.56. The Hall–Kier alpha value is -1.22. The zero-order chi connectivity index (χ0) is 18.1. The molecule has 26 heavy (non-hydrogen) atoms. The highest BCUT2D eigenvalue weighted by molar-refractivity contribution is 14.0. The second kappa shape index (κ2) is 12.2. The van der Waals surface area contributed by atoms with Crippen molar-refractivity contribution < 1.29 is 14.2 Å². The Morgan fingerprint density at radius 3 is 2.38 bits per heavy atom. The zero-order valence-electron chi connectivity index (χ0n) is 16.3. The molecular weight excluding hydrogens is 445 g/mol. The SMILES string of the molecule is CN=C(NCCCCCOC)N1CCc2cc(OC)c(OC)cc2C1.I. The minimum Gasteiger partial charge on any atom is -0.493 e. The van der Waals surface area contributed by atoms with Gasteiger partial charge in [-0.2, -0.15) is 0 Å². The van der Waals surface area contributed by atoms with Crippen molar-refractivity contribution >= 4 is 29.9 Å². The van der Waals surface area contributed by atoms with Gasteiger partial charge < -0.3 is 24.4 Å². The molecule has 148 valence electrons. The third kappa shape index (κ3) is 6.19. The monoisotopic (exact) mass is 477 g/mol. The molecule has 0 saturated carbocycles. The molecule has 0 spiro atoms. The summed E-state index contributed by atoms with van der Waals surface area (Å²) in [6, 6.07) is 4.18. The third-order valence-electron chi connectivity index (χ3n) is 4.54. The fraction of sp³-hybridized carbons (Fsp3) is 0.632. The normalized spacial score (nSPS) is 13.7. The number of benzene rings is 1. The summed E-state index contributed by atoms with van der Waals surface area (Å²) in [5.41, 5.74) is 2.59. The van der Waals surface area contributed by atoms with Gasteiger partial charge in [0.1, 0.15) is 0 Å². The molecule has 0 amide bonds. The molecule has 0 aliphatic carbocycles. The van der Waals surface area contributed by atoms with E-state index in [9.17, 15) is 0 Å². The average molecular weight is 477 g/mol. The molecule has 0 unspecified atom stereocenters. The molecule has 1 aromatic carbocycles. The lowest BCUT2D eigenvalue weighted by Crippen LogP contribution is -2.44. The lowest BCUT2D eigenvalue weighted by molar-refractivity contribution is 0.192. The molecule has 6 nitrogen and oxygen atoms in total. The predicted octanol–water partition coefficient (Wildman–Crippen LogP) is 3.07. The van der Waals surface area contributed by atoms with Crippen LogP contribution in [0.4, 0.5) is 0 Å². The van der Waals surface area contributed by atoms with E-state index in [2.05, 4.69) is 27.3 Å². The number of hydrogen-bond donors (Lipinski definition) is 1. The summed E-state index contributed by atoms with van der Waals surface area (Å²) in [5, 5.41) is 3.48. The number of nitrogens with one attached hydrogen (secondary N) is 1. The molecule has 0 atom stereocenters. The summed E-state index contributed by atoms with van der Waals surface area (Å²) in [7, 11) is 6.95. The van der Waals surface area contributed by atoms with Crippen LogP contribution in [0, 0.1) is 0 Å². The summed E-state index contributed by atoms with van der Waals surface area (Å²) in [6.07, 6.45) is 4.37. The maximum Gasteiger partial charge on any atom is 0.193 e. The maximum atomic E-state index is 5.44. The second-order valence-corrected chi connectivity index (χ2v) is 6.17. The van der Waals surface area contributed by atoms with Crippen molar-refractivity contribution in [2.45, 2.75) is 32.2 Å². The van der Waals surface area contributed by atoms with Gasteiger partial charge in [-0.3, -0.25) is 4.99 Å². The molecule has 0 bridgehead atoms. The first-order valence-corrected chi connectivity index (χ1v) is 8.91. The molecule has 0 radical (unpaired) electrons. The first kappa shape index (κ1) is 22.8. The number of hydrogen-bond acceptors (Lipinski definition) is 4. The Kier molecular flexibility index (Phi) is 10.7. The molecule has 0 saturated heterocycles. The first-order valence-electron chi connectivity index (χ1n) is 8.91. The maximum absolute atomic E-state index is 5.44. The number of nitrogens with zero attached hydrogens (tertiary/aromatic N) is 2. The standard InChI is InChI=1S/C19H31N3O3.HI/c1-20-19(21-9-6-5-7-11-23-2)22-10-8-15-12-17(24-3)18(25-4)13-16(15)14-22;/h12-13H,5-11,14H2,1-4H3,(H,20,21);1H. The largest absolute Gasteiger partial charge is 0.493 e. The minimum absolute atomic E-state index is 0. The van der Waals surface area contributed by atoms with Crippen molar-refractivity contribution in [2.75, 3.05) is 48.1 Å².